The van der Waals surface area contributed by atoms with Crippen molar-refractivity contribution in [1.82, 2.24) is 4.90 Å². The molecule has 0 aliphatic heterocycles. The van der Waals surface area contributed by atoms with Crippen LogP contribution < -0.4 is 0 Å². The van der Waals surface area contributed by atoms with E-state index in [-0.39, 0.29) is 5.41 Å². The first-order valence-electron chi connectivity index (χ1n) is 7.43. The van der Waals surface area contributed by atoms with Gasteiger partial charge in [0.15, 0.2) is 0 Å². The molecule has 0 bridgehead atoms. The molecule has 2 rings (SSSR count). The highest BCUT2D eigenvalue weighted by Gasteiger charge is 2.36. The third-order valence-electron chi connectivity index (χ3n) is 4.09. The van der Waals surface area contributed by atoms with Crippen molar-refractivity contribution in [2.75, 3.05) is 26.4 Å². The molecule has 1 fully saturated rings. The van der Waals surface area contributed by atoms with Crippen molar-refractivity contribution in [3.8, 4) is 0 Å². The Hall–Kier alpha value is -0.150. The van der Waals surface area contributed by atoms with E-state index in [1.807, 2.05) is 23.9 Å². The van der Waals surface area contributed by atoms with Gasteiger partial charge in [0, 0.05) is 5.41 Å². The first kappa shape index (κ1) is 17.2. The Balaban J connectivity index is 1.93. The number of halogens is 2. The first-order valence-corrected chi connectivity index (χ1v) is 9.23. The lowest BCUT2D eigenvalue weighted by atomic mass is 9.65. The van der Waals surface area contributed by atoms with E-state index in [1.54, 1.807) is 0 Å². The number of allylic oxidation sites excluding steroid dienone is 1. The highest BCUT2D eigenvalue weighted by atomic mass is 35.5. The Morgan fingerprint density at radius 3 is 2.57 bits per heavy atom. The summed E-state index contributed by atoms with van der Waals surface area (Å²) in [5, 5.41) is 3.57. The number of nitrogens with zero attached hydrogens (tertiary/aromatic N) is 1. The third kappa shape index (κ3) is 4.66. The van der Waals surface area contributed by atoms with Gasteiger partial charge in [-0.05, 0) is 68.8 Å². The van der Waals surface area contributed by atoms with Crippen molar-refractivity contribution in [2.45, 2.75) is 31.1 Å². The molecule has 0 radical (unpaired) electrons. The van der Waals surface area contributed by atoms with Gasteiger partial charge in [-0.25, -0.2) is 0 Å². The Kier molecular flexibility index (Phi) is 6.49. The molecule has 0 aromatic heterocycles. The van der Waals surface area contributed by atoms with Gasteiger partial charge in [0.2, 0.25) is 0 Å². The Bertz CT molecular complexity index is 496. The van der Waals surface area contributed by atoms with Crippen molar-refractivity contribution in [1.29, 1.82) is 0 Å². The summed E-state index contributed by atoms with van der Waals surface area (Å²) in [7, 11) is 4.24. The standard InChI is InChI=1S/C17H23Cl2NS/c1-20(2)10-4-11-21-12-9-17(7-3-8-17)14-5-6-15(18)16(19)13-14/h5-6,9,12-13H,3-4,7-8,10-11H2,1-2H3/b12-9+. The Morgan fingerprint density at radius 1 is 1.24 bits per heavy atom. The van der Waals surface area contributed by atoms with Crippen molar-refractivity contribution in [3.63, 3.8) is 0 Å². The first-order chi connectivity index (χ1) is 10.0. The lowest BCUT2D eigenvalue weighted by molar-refractivity contribution is 0.314. The van der Waals surface area contributed by atoms with Crippen LogP contribution in [0.2, 0.25) is 10.0 Å². The van der Waals surface area contributed by atoms with Crippen LogP contribution in [-0.4, -0.2) is 31.3 Å². The predicted molar refractivity (Wildman–Crippen MR) is 96.8 cm³/mol. The lowest BCUT2D eigenvalue weighted by Gasteiger charge is -2.40. The molecule has 0 saturated heterocycles. The van der Waals surface area contributed by atoms with Gasteiger partial charge in [-0.2, -0.15) is 0 Å². The van der Waals surface area contributed by atoms with Gasteiger partial charge in [-0.3, -0.25) is 0 Å². The minimum absolute atomic E-state index is 0.183. The highest BCUT2D eigenvalue weighted by molar-refractivity contribution is 8.02. The zero-order valence-corrected chi connectivity index (χ0v) is 15.1. The maximum absolute atomic E-state index is 6.17. The molecule has 0 unspecified atom stereocenters. The molecular formula is C17H23Cl2NS. The zero-order valence-electron chi connectivity index (χ0n) is 12.7. The predicted octanol–water partition coefficient (Wildman–Crippen LogP) is 5.61. The van der Waals surface area contributed by atoms with Gasteiger partial charge in [0.1, 0.15) is 0 Å². The monoisotopic (exact) mass is 343 g/mol. The molecule has 0 spiro atoms. The van der Waals surface area contributed by atoms with Crippen molar-refractivity contribution >= 4 is 35.0 Å². The van der Waals surface area contributed by atoms with E-state index in [0.717, 1.165) is 6.54 Å². The van der Waals surface area contributed by atoms with Gasteiger partial charge in [-0.15, -0.1) is 11.8 Å². The van der Waals surface area contributed by atoms with Crippen LogP contribution in [0.1, 0.15) is 31.2 Å². The van der Waals surface area contributed by atoms with E-state index in [9.17, 15) is 0 Å². The average Bonchev–Trinajstić information content (AvgIpc) is 2.39. The molecule has 1 aliphatic rings. The minimum Gasteiger partial charge on any atom is -0.309 e. The fraction of sp³-hybridized carbons (Fsp3) is 0.529. The number of rotatable bonds is 7. The molecule has 4 heteroatoms. The molecule has 0 amide bonds. The van der Waals surface area contributed by atoms with E-state index < -0.39 is 0 Å². The molecule has 1 aromatic rings. The summed E-state index contributed by atoms with van der Waals surface area (Å²) >= 11 is 14.1. The highest BCUT2D eigenvalue weighted by Crippen LogP contribution is 2.46. The summed E-state index contributed by atoms with van der Waals surface area (Å²) in [5.74, 6) is 1.17. The second-order valence-electron chi connectivity index (χ2n) is 5.97. The average molecular weight is 344 g/mol. The second kappa shape index (κ2) is 7.92. The van der Waals surface area contributed by atoms with Crippen LogP contribution in [0, 0.1) is 0 Å². The van der Waals surface area contributed by atoms with E-state index in [2.05, 4.69) is 36.5 Å². The van der Waals surface area contributed by atoms with Crippen molar-refractivity contribution < 1.29 is 0 Å². The molecule has 116 valence electrons. The summed E-state index contributed by atoms with van der Waals surface area (Å²) in [6.07, 6.45) is 7.30. The molecule has 1 aliphatic carbocycles. The summed E-state index contributed by atoms with van der Waals surface area (Å²) in [6, 6.07) is 6.07. The maximum Gasteiger partial charge on any atom is 0.0595 e. The van der Waals surface area contributed by atoms with Crippen LogP contribution in [0.5, 0.6) is 0 Å². The fourth-order valence-electron chi connectivity index (χ4n) is 2.63. The summed E-state index contributed by atoms with van der Waals surface area (Å²) in [4.78, 5) is 2.23. The zero-order chi connectivity index (χ0) is 15.3. The van der Waals surface area contributed by atoms with Gasteiger partial charge in [0.25, 0.3) is 0 Å². The van der Waals surface area contributed by atoms with Crippen LogP contribution in [0.3, 0.4) is 0 Å². The van der Waals surface area contributed by atoms with E-state index >= 15 is 0 Å². The fourth-order valence-corrected chi connectivity index (χ4v) is 3.71. The SMILES string of the molecule is CN(C)CCCS/C=C/C1(c2ccc(Cl)c(Cl)c2)CCC1. The van der Waals surface area contributed by atoms with Crippen molar-refractivity contribution in [3.05, 3.63) is 45.3 Å². The van der Waals surface area contributed by atoms with Crippen molar-refractivity contribution in [2.24, 2.45) is 0 Å². The Morgan fingerprint density at radius 2 is 2.00 bits per heavy atom. The van der Waals surface area contributed by atoms with E-state index in [1.165, 1.54) is 37.0 Å². The van der Waals surface area contributed by atoms with Crippen LogP contribution >= 0.6 is 35.0 Å². The smallest absolute Gasteiger partial charge is 0.0595 e. The Labute approximate surface area is 142 Å². The van der Waals surface area contributed by atoms with E-state index in [0.29, 0.717) is 10.0 Å². The normalized spacial score (nSPS) is 17.4. The van der Waals surface area contributed by atoms with Gasteiger partial charge < -0.3 is 4.90 Å². The van der Waals surface area contributed by atoms with Crippen LogP contribution in [0.15, 0.2) is 29.7 Å². The molecule has 0 heterocycles. The van der Waals surface area contributed by atoms with Gasteiger partial charge >= 0.3 is 0 Å². The molecule has 1 saturated carbocycles. The second-order valence-corrected chi connectivity index (χ2v) is 7.80. The quantitative estimate of drug-likeness (QED) is 0.591. The van der Waals surface area contributed by atoms with Crippen LogP contribution in [-0.2, 0) is 5.41 Å². The molecule has 0 atom stereocenters. The molecule has 0 N–H and O–H groups in total. The summed E-state index contributed by atoms with van der Waals surface area (Å²) in [5.41, 5.74) is 1.48. The molecule has 1 aromatic carbocycles. The number of hydrogen-bond donors (Lipinski definition) is 0. The third-order valence-corrected chi connectivity index (χ3v) is 5.68. The topological polar surface area (TPSA) is 3.24 Å². The molecule has 1 nitrogen and oxygen atoms in total. The number of benzene rings is 1. The van der Waals surface area contributed by atoms with Crippen LogP contribution in [0.4, 0.5) is 0 Å². The number of thioether (sulfide) groups is 1. The van der Waals surface area contributed by atoms with Gasteiger partial charge in [0.05, 0.1) is 10.0 Å². The van der Waals surface area contributed by atoms with Gasteiger partial charge in [-0.1, -0.05) is 41.8 Å². The number of hydrogen-bond acceptors (Lipinski definition) is 2. The summed E-state index contributed by atoms with van der Waals surface area (Å²) < 4.78 is 0. The molecular weight excluding hydrogens is 321 g/mol. The molecule has 21 heavy (non-hydrogen) atoms. The summed E-state index contributed by atoms with van der Waals surface area (Å²) in [6.45, 7) is 1.15. The van der Waals surface area contributed by atoms with E-state index in [4.69, 9.17) is 23.2 Å². The lowest BCUT2D eigenvalue weighted by Crippen LogP contribution is -2.31. The largest absolute Gasteiger partial charge is 0.309 e. The van der Waals surface area contributed by atoms with Crippen LogP contribution in [0.25, 0.3) is 0 Å². The minimum atomic E-state index is 0.183. The maximum atomic E-state index is 6.17.